The highest BCUT2D eigenvalue weighted by atomic mass is 16.5. The number of rotatable bonds is 6. The van der Waals surface area contributed by atoms with E-state index >= 15 is 0 Å². The number of aryl methyl sites for hydroxylation is 1. The van der Waals surface area contributed by atoms with E-state index in [-0.39, 0.29) is 12.7 Å². The Morgan fingerprint density at radius 3 is 2.83 bits per heavy atom. The fourth-order valence-corrected chi connectivity index (χ4v) is 3.79. The van der Waals surface area contributed by atoms with Crippen LogP contribution in [0.3, 0.4) is 0 Å². The van der Waals surface area contributed by atoms with Crippen LogP contribution in [0, 0.1) is 6.92 Å². The molecule has 0 bridgehead atoms. The van der Waals surface area contributed by atoms with Crippen LogP contribution in [0.1, 0.15) is 23.2 Å². The third-order valence-electron chi connectivity index (χ3n) is 5.34. The van der Waals surface area contributed by atoms with Crippen molar-refractivity contribution in [1.82, 2.24) is 9.97 Å². The minimum Gasteiger partial charge on any atom is -0.472 e. The monoisotopic (exact) mass is 390 g/mol. The molecule has 2 aromatic heterocycles. The standard InChI is InChI=1S/C23H26N4O2/c1-16-5-4-11-25-23(16)29-18-10-12-27(14-18)22-9-8-20(26-21(22)15-28)19-7-3-2-6-17(19)13-24/h2-9,11,18,28H,10,12-15,24H2,1H3/t18-/m0/s1. The summed E-state index contributed by atoms with van der Waals surface area (Å²) in [4.78, 5) is 11.3. The molecule has 150 valence electrons. The van der Waals surface area contributed by atoms with Crippen molar-refractivity contribution in [3.63, 3.8) is 0 Å². The Balaban J connectivity index is 1.54. The number of benzene rings is 1. The molecule has 4 rings (SSSR count). The Hall–Kier alpha value is -2.96. The highest BCUT2D eigenvalue weighted by Crippen LogP contribution is 2.30. The van der Waals surface area contributed by atoms with E-state index in [1.165, 1.54) is 0 Å². The van der Waals surface area contributed by atoms with E-state index in [1.54, 1.807) is 6.20 Å². The van der Waals surface area contributed by atoms with Gasteiger partial charge < -0.3 is 20.5 Å². The summed E-state index contributed by atoms with van der Waals surface area (Å²) in [5.74, 6) is 0.689. The van der Waals surface area contributed by atoms with Crippen LogP contribution >= 0.6 is 0 Å². The van der Waals surface area contributed by atoms with Crippen molar-refractivity contribution in [3.8, 4) is 17.1 Å². The number of aliphatic hydroxyl groups excluding tert-OH is 1. The molecule has 0 radical (unpaired) electrons. The fraction of sp³-hybridized carbons (Fsp3) is 0.304. The Morgan fingerprint density at radius 2 is 2.03 bits per heavy atom. The second-order valence-electron chi connectivity index (χ2n) is 7.28. The normalized spacial score (nSPS) is 16.2. The zero-order valence-electron chi connectivity index (χ0n) is 16.6. The Kier molecular flexibility index (Phi) is 5.74. The number of aromatic nitrogens is 2. The third-order valence-corrected chi connectivity index (χ3v) is 5.34. The number of nitrogens with two attached hydrogens (primary N) is 1. The summed E-state index contributed by atoms with van der Waals surface area (Å²) in [6.45, 7) is 3.93. The van der Waals surface area contributed by atoms with Gasteiger partial charge in [-0.15, -0.1) is 0 Å². The molecule has 1 atom stereocenters. The van der Waals surface area contributed by atoms with E-state index in [0.29, 0.717) is 18.1 Å². The van der Waals surface area contributed by atoms with E-state index < -0.39 is 0 Å². The van der Waals surface area contributed by atoms with Gasteiger partial charge in [0.2, 0.25) is 5.88 Å². The number of pyridine rings is 2. The van der Waals surface area contributed by atoms with Gasteiger partial charge in [-0.2, -0.15) is 0 Å². The second-order valence-corrected chi connectivity index (χ2v) is 7.28. The maximum absolute atomic E-state index is 9.96. The SMILES string of the molecule is Cc1cccnc1O[C@H]1CCN(c2ccc(-c3ccccc3CN)nc2CO)C1. The van der Waals surface area contributed by atoms with E-state index in [1.807, 2.05) is 55.5 Å². The Bertz CT molecular complexity index is 992. The minimum absolute atomic E-state index is 0.0628. The van der Waals surface area contributed by atoms with Gasteiger partial charge in [-0.3, -0.25) is 0 Å². The van der Waals surface area contributed by atoms with Crippen LogP contribution in [0.25, 0.3) is 11.3 Å². The van der Waals surface area contributed by atoms with E-state index in [4.69, 9.17) is 15.5 Å². The molecule has 1 aliphatic rings. The molecule has 3 heterocycles. The molecule has 1 saturated heterocycles. The van der Waals surface area contributed by atoms with Crippen molar-refractivity contribution in [1.29, 1.82) is 0 Å². The molecule has 29 heavy (non-hydrogen) atoms. The van der Waals surface area contributed by atoms with E-state index in [9.17, 15) is 5.11 Å². The molecule has 1 aliphatic heterocycles. The van der Waals surface area contributed by atoms with Crippen molar-refractivity contribution in [2.24, 2.45) is 5.73 Å². The summed E-state index contributed by atoms with van der Waals surface area (Å²) < 4.78 is 6.11. The molecule has 3 aromatic rings. The lowest BCUT2D eigenvalue weighted by molar-refractivity contribution is 0.214. The van der Waals surface area contributed by atoms with Gasteiger partial charge in [-0.05, 0) is 30.7 Å². The summed E-state index contributed by atoms with van der Waals surface area (Å²) >= 11 is 0. The van der Waals surface area contributed by atoms with Gasteiger partial charge in [0.1, 0.15) is 6.10 Å². The highest BCUT2D eigenvalue weighted by molar-refractivity contribution is 5.67. The lowest BCUT2D eigenvalue weighted by atomic mass is 10.0. The molecule has 0 unspecified atom stereocenters. The summed E-state index contributed by atoms with van der Waals surface area (Å²) in [6, 6.07) is 15.9. The first-order valence-corrected chi connectivity index (χ1v) is 9.92. The van der Waals surface area contributed by atoms with Gasteiger partial charge in [0.25, 0.3) is 0 Å². The number of ether oxygens (including phenoxy) is 1. The quantitative estimate of drug-likeness (QED) is 0.673. The van der Waals surface area contributed by atoms with Crippen molar-refractivity contribution in [2.75, 3.05) is 18.0 Å². The lowest BCUT2D eigenvalue weighted by Gasteiger charge is -2.22. The third kappa shape index (κ3) is 4.09. The van der Waals surface area contributed by atoms with Gasteiger partial charge in [0.15, 0.2) is 0 Å². The van der Waals surface area contributed by atoms with Crippen LogP contribution in [-0.4, -0.2) is 34.3 Å². The van der Waals surface area contributed by atoms with Crippen molar-refractivity contribution < 1.29 is 9.84 Å². The van der Waals surface area contributed by atoms with Gasteiger partial charge >= 0.3 is 0 Å². The second kappa shape index (κ2) is 8.59. The van der Waals surface area contributed by atoms with Gasteiger partial charge in [-0.25, -0.2) is 9.97 Å². The predicted octanol–water partition coefficient (Wildman–Crippen LogP) is 3.06. The number of anilines is 1. The molecule has 6 nitrogen and oxygen atoms in total. The van der Waals surface area contributed by atoms with Crippen molar-refractivity contribution >= 4 is 5.69 Å². The average Bonchev–Trinajstić information content (AvgIpc) is 3.23. The van der Waals surface area contributed by atoms with Crippen molar-refractivity contribution in [2.45, 2.75) is 32.6 Å². The van der Waals surface area contributed by atoms with Crippen molar-refractivity contribution in [3.05, 3.63) is 71.5 Å². The maximum atomic E-state index is 9.96. The van der Waals surface area contributed by atoms with Gasteiger partial charge in [-0.1, -0.05) is 30.3 Å². The maximum Gasteiger partial charge on any atom is 0.216 e. The summed E-state index contributed by atoms with van der Waals surface area (Å²) in [5, 5.41) is 9.96. The molecular weight excluding hydrogens is 364 g/mol. The molecular formula is C23H26N4O2. The molecule has 1 fully saturated rings. The molecule has 1 aromatic carbocycles. The minimum atomic E-state index is -0.116. The zero-order chi connectivity index (χ0) is 20.2. The van der Waals surface area contributed by atoms with E-state index in [0.717, 1.165) is 47.6 Å². The van der Waals surface area contributed by atoms with Crippen LogP contribution in [0.2, 0.25) is 0 Å². The number of nitrogens with zero attached hydrogens (tertiary/aromatic N) is 3. The molecule has 0 amide bonds. The summed E-state index contributed by atoms with van der Waals surface area (Å²) in [5.41, 5.74) is 11.4. The first-order valence-electron chi connectivity index (χ1n) is 9.92. The van der Waals surface area contributed by atoms with Gasteiger partial charge in [0, 0.05) is 36.8 Å². The topological polar surface area (TPSA) is 84.5 Å². The predicted molar refractivity (Wildman–Crippen MR) is 114 cm³/mol. The van der Waals surface area contributed by atoms with Crippen LogP contribution in [0.15, 0.2) is 54.7 Å². The van der Waals surface area contributed by atoms with Crippen LogP contribution in [0.4, 0.5) is 5.69 Å². The van der Waals surface area contributed by atoms with E-state index in [2.05, 4.69) is 9.88 Å². The number of aliphatic hydroxyl groups is 1. The summed E-state index contributed by atoms with van der Waals surface area (Å²) in [6.07, 6.45) is 2.71. The van der Waals surface area contributed by atoms with Gasteiger partial charge in [0.05, 0.1) is 30.2 Å². The first-order chi connectivity index (χ1) is 14.2. The molecule has 6 heteroatoms. The smallest absolute Gasteiger partial charge is 0.216 e. The lowest BCUT2D eigenvalue weighted by Crippen LogP contribution is -2.26. The summed E-state index contributed by atoms with van der Waals surface area (Å²) in [7, 11) is 0. The number of hydrogen-bond donors (Lipinski definition) is 2. The molecule has 0 spiro atoms. The highest BCUT2D eigenvalue weighted by Gasteiger charge is 2.27. The zero-order valence-corrected chi connectivity index (χ0v) is 16.6. The molecule has 3 N–H and O–H groups in total. The van der Waals surface area contributed by atoms with Crippen LogP contribution < -0.4 is 15.4 Å². The average molecular weight is 390 g/mol. The largest absolute Gasteiger partial charge is 0.472 e. The Labute approximate surface area is 171 Å². The number of hydrogen-bond acceptors (Lipinski definition) is 6. The molecule has 0 aliphatic carbocycles. The fourth-order valence-electron chi connectivity index (χ4n) is 3.79. The molecule has 0 saturated carbocycles. The van der Waals surface area contributed by atoms with Crippen LogP contribution in [-0.2, 0) is 13.2 Å². The van der Waals surface area contributed by atoms with Crippen LogP contribution in [0.5, 0.6) is 5.88 Å². The first kappa shape index (κ1) is 19.4. The Morgan fingerprint density at radius 1 is 1.17 bits per heavy atom.